The predicted octanol–water partition coefficient (Wildman–Crippen LogP) is 4.96. The van der Waals surface area contributed by atoms with E-state index in [4.69, 9.17) is 14.2 Å². The summed E-state index contributed by atoms with van der Waals surface area (Å²) in [6.07, 6.45) is 3.42. The fourth-order valence-corrected chi connectivity index (χ4v) is 5.70. The highest BCUT2D eigenvalue weighted by Gasteiger charge is 2.35. The summed E-state index contributed by atoms with van der Waals surface area (Å²) in [7, 11) is 5.03. The van der Waals surface area contributed by atoms with Crippen molar-refractivity contribution in [2.24, 2.45) is 5.92 Å². The van der Waals surface area contributed by atoms with Crippen LogP contribution in [0.3, 0.4) is 0 Å². The first kappa shape index (κ1) is 30.0. The molecule has 0 spiro atoms. The van der Waals surface area contributed by atoms with E-state index < -0.39 is 6.09 Å². The van der Waals surface area contributed by atoms with Gasteiger partial charge in [0.25, 0.3) is 0 Å². The third kappa shape index (κ3) is 6.80. The highest BCUT2D eigenvalue weighted by molar-refractivity contribution is 5.90. The Morgan fingerprint density at radius 2 is 1.77 bits per heavy atom. The van der Waals surface area contributed by atoms with Crippen molar-refractivity contribution in [2.75, 3.05) is 47.4 Å². The molecule has 1 saturated heterocycles. The van der Waals surface area contributed by atoms with E-state index in [0.717, 1.165) is 41.0 Å². The average Bonchev–Trinajstić information content (AvgIpc) is 3.26. The van der Waals surface area contributed by atoms with Crippen LogP contribution in [0.15, 0.2) is 54.7 Å². The summed E-state index contributed by atoms with van der Waals surface area (Å²) in [5.74, 6) is 0.140. The molecule has 0 bridgehead atoms. The lowest BCUT2D eigenvalue weighted by molar-refractivity contribution is -0.121. The number of aromatic nitrogens is 1. The molecule has 1 aliphatic carbocycles. The first-order valence-corrected chi connectivity index (χ1v) is 14.4. The molecule has 2 amide bonds. The second-order valence-electron chi connectivity index (χ2n) is 10.9. The van der Waals surface area contributed by atoms with Gasteiger partial charge >= 0.3 is 6.09 Å². The lowest BCUT2D eigenvalue weighted by Gasteiger charge is -2.31. The molecule has 1 fully saturated rings. The Morgan fingerprint density at radius 3 is 2.42 bits per heavy atom. The number of nitrogens with zero attached hydrogens (tertiary/aromatic N) is 3. The fourth-order valence-electron chi connectivity index (χ4n) is 5.70. The number of rotatable bonds is 8. The second-order valence-corrected chi connectivity index (χ2v) is 10.9. The van der Waals surface area contributed by atoms with E-state index in [2.05, 4.69) is 15.2 Å². The van der Waals surface area contributed by atoms with Gasteiger partial charge in [-0.1, -0.05) is 25.1 Å². The maximum absolute atomic E-state index is 14.4. The van der Waals surface area contributed by atoms with Crippen molar-refractivity contribution in [1.29, 1.82) is 0 Å². The van der Waals surface area contributed by atoms with Crippen LogP contribution in [0.4, 0.5) is 9.18 Å². The first-order chi connectivity index (χ1) is 20.8. The Hall–Kier alpha value is -4.44. The summed E-state index contributed by atoms with van der Waals surface area (Å²) in [5.41, 5.74) is 4.17. The van der Waals surface area contributed by atoms with Crippen LogP contribution < -0.4 is 19.5 Å². The van der Waals surface area contributed by atoms with Gasteiger partial charge in [0.1, 0.15) is 5.82 Å². The van der Waals surface area contributed by atoms with Crippen LogP contribution in [0.2, 0.25) is 0 Å². The van der Waals surface area contributed by atoms with Gasteiger partial charge in [0, 0.05) is 38.8 Å². The van der Waals surface area contributed by atoms with Crippen molar-refractivity contribution in [3.05, 3.63) is 82.9 Å². The predicted molar refractivity (Wildman–Crippen MR) is 162 cm³/mol. The van der Waals surface area contributed by atoms with E-state index in [9.17, 15) is 14.0 Å². The monoisotopic (exact) mass is 588 g/mol. The Balaban J connectivity index is 1.39. The van der Waals surface area contributed by atoms with E-state index in [0.29, 0.717) is 31.1 Å². The maximum atomic E-state index is 14.4. The molecule has 1 aromatic heterocycles. The molecular formula is C33H37FN4O5. The summed E-state index contributed by atoms with van der Waals surface area (Å²) >= 11 is 0. The van der Waals surface area contributed by atoms with Crippen LogP contribution in [-0.2, 0) is 11.3 Å². The van der Waals surface area contributed by atoms with Gasteiger partial charge < -0.3 is 29.3 Å². The highest BCUT2D eigenvalue weighted by atomic mass is 19.1. The van der Waals surface area contributed by atoms with Crippen molar-refractivity contribution in [2.45, 2.75) is 25.8 Å². The number of hydrogen-bond donors (Lipinski definition) is 1. The Kier molecular flexibility index (Phi) is 9.25. The summed E-state index contributed by atoms with van der Waals surface area (Å²) in [4.78, 5) is 34.0. The average molecular weight is 589 g/mol. The third-order valence-electron chi connectivity index (χ3n) is 8.17. The van der Waals surface area contributed by atoms with Crippen LogP contribution >= 0.6 is 0 Å². The Morgan fingerprint density at radius 1 is 1.05 bits per heavy atom. The minimum Gasteiger partial charge on any atom is -0.493 e. The summed E-state index contributed by atoms with van der Waals surface area (Å²) in [6.45, 7) is 5.05. The summed E-state index contributed by atoms with van der Waals surface area (Å²) < 4.78 is 31.4. The zero-order valence-electron chi connectivity index (χ0n) is 24.9. The number of benzene rings is 2. The van der Waals surface area contributed by atoms with Gasteiger partial charge in [0.05, 0.1) is 26.5 Å². The summed E-state index contributed by atoms with van der Waals surface area (Å²) in [6, 6.07) is 13.8. The molecule has 226 valence electrons. The molecule has 5 rings (SSSR count). The van der Waals surface area contributed by atoms with Crippen LogP contribution in [0.1, 0.15) is 41.6 Å². The zero-order valence-corrected chi connectivity index (χ0v) is 24.9. The van der Waals surface area contributed by atoms with Crippen LogP contribution in [0.25, 0.3) is 11.6 Å². The number of fused-ring (bicyclic) bond motifs is 1. The lowest BCUT2D eigenvalue weighted by Crippen LogP contribution is -2.48. The van der Waals surface area contributed by atoms with Gasteiger partial charge in [-0.25, -0.2) is 9.18 Å². The molecule has 10 heteroatoms. The van der Waals surface area contributed by atoms with Gasteiger partial charge in [0.15, 0.2) is 11.5 Å². The number of carbonyl (C=O) groups excluding carboxylic acids is 2. The van der Waals surface area contributed by atoms with E-state index in [-0.39, 0.29) is 35.7 Å². The number of halogens is 1. The van der Waals surface area contributed by atoms with Gasteiger partial charge in [0.2, 0.25) is 11.7 Å². The summed E-state index contributed by atoms with van der Waals surface area (Å²) in [5, 5.41) is 2.94. The third-order valence-corrected chi connectivity index (χ3v) is 8.17. The molecule has 2 aliphatic rings. The molecule has 9 nitrogen and oxygen atoms in total. The number of ether oxygens (including phenoxy) is 3. The molecule has 1 N–H and O–H groups in total. The van der Waals surface area contributed by atoms with Crippen molar-refractivity contribution >= 4 is 23.6 Å². The lowest BCUT2D eigenvalue weighted by atomic mass is 9.88. The number of likely N-dealkylation sites (N-methyl/N-ethyl adjacent to an activating group) is 1. The van der Waals surface area contributed by atoms with E-state index in [1.165, 1.54) is 26.4 Å². The zero-order chi connectivity index (χ0) is 30.5. The van der Waals surface area contributed by atoms with Crippen LogP contribution in [-0.4, -0.2) is 74.2 Å². The number of amides is 2. The molecule has 2 unspecified atom stereocenters. The van der Waals surface area contributed by atoms with Gasteiger partial charge in [-0.05, 0) is 77.5 Å². The van der Waals surface area contributed by atoms with Crippen molar-refractivity contribution < 1.29 is 28.2 Å². The number of piperazine rings is 1. The number of methoxy groups -OCH3 is 2. The minimum atomic E-state index is -0.458. The molecule has 2 aromatic carbocycles. The second kappa shape index (κ2) is 13.2. The minimum absolute atomic E-state index is 0.0795. The largest absolute Gasteiger partial charge is 0.493 e. The SMILES string of the molecule is COc1cc(/C=C2\c3ccc(F)cc3C(CC(=O)NCc3ccccn3)C2C)cc(OC)c1OC(=O)N1CCN(C)CC1. The first-order valence-electron chi connectivity index (χ1n) is 14.4. The normalized spacial score (nSPS) is 19.2. The topological polar surface area (TPSA) is 93.2 Å². The molecule has 2 heterocycles. The number of nitrogens with one attached hydrogen (secondary N) is 1. The number of carbonyl (C=O) groups is 2. The van der Waals surface area contributed by atoms with Gasteiger partial charge in [-0.15, -0.1) is 0 Å². The van der Waals surface area contributed by atoms with Crippen molar-refractivity contribution in [1.82, 2.24) is 20.1 Å². The molecule has 1 aliphatic heterocycles. The maximum Gasteiger partial charge on any atom is 0.415 e. The Labute approximate surface area is 251 Å². The molecule has 0 radical (unpaired) electrons. The highest BCUT2D eigenvalue weighted by Crippen LogP contribution is 2.49. The number of allylic oxidation sites excluding steroid dienone is 1. The van der Waals surface area contributed by atoms with Crippen LogP contribution in [0.5, 0.6) is 17.2 Å². The standard InChI is InChI=1S/C33H37FN4O5/c1-21-26(25-9-8-23(34)18-28(25)27(21)19-31(39)36-20-24-7-5-6-10-35-24)15-22-16-29(41-3)32(30(17-22)42-4)43-33(40)38-13-11-37(2)12-14-38/h5-10,15-18,21,27H,11-14,19-20H2,1-4H3,(H,36,39)/b26-15-. The van der Waals surface area contributed by atoms with E-state index in [1.54, 1.807) is 29.3 Å². The Bertz CT molecular complexity index is 1480. The molecule has 3 aromatic rings. The van der Waals surface area contributed by atoms with E-state index >= 15 is 0 Å². The molecule has 2 atom stereocenters. The molecule has 43 heavy (non-hydrogen) atoms. The van der Waals surface area contributed by atoms with Gasteiger partial charge in [-0.3, -0.25) is 9.78 Å². The smallest absolute Gasteiger partial charge is 0.415 e. The van der Waals surface area contributed by atoms with Crippen molar-refractivity contribution in [3.8, 4) is 17.2 Å². The fraction of sp³-hybridized carbons (Fsp3) is 0.364. The van der Waals surface area contributed by atoms with Gasteiger partial charge in [-0.2, -0.15) is 0 Å². The molecular weight excluding hydrogens is 551 g/mol. The van der Waals surface area contributed by atoms with E-state index in [1.807, 2.05) is 38.2 Å². The molecule has 0 saturated carbocycles. The number of hydrogen-bond acceptors (Lipinski definition) is 7. The van der Waals surface area contributed by atoms with Crippen LogP contribution in [0, 0.1) is 11.7 Å². The number of pyridine rings is 1. The quantitative estimate of drug-likeness (QED) is 0.398. The van der Waals surface area contributed by atoms with Crippen molar-refractivity contribution in [3.63, 3.8) is 0 Å².